The summed E-state index contributed by atoms with van der Waals surface area (Å²) in [7, 11) is 0. The number of hydrogen-bond donors (Lipinski definition) is 1. The molecule has 5 rings (SSSR count). The van der Waals surface area contributed by atoms with Gasteiger partial charge in [-0.05, 0) is 76.4 Å². The molecule has 0 saturated carbocycles. The second-order valence-electron chi connectivity index (χ2n) is 7.79. The lowest BCUT2D eigenvalue weighted by Gasteiger charge is -2.27. The zero-order valence-corrected chi connectivity index (χ0v) is 15.5. The maximum Gasteiger partial charge on any atom is 0.131 e. The molecule has 0 heterocycles. The van der Waals surface area contributed by atoms with Crippen molar-refractivity contribution in [2.24, 2.45) is 5.73 Å². The van der Waals surface area contributed by atoms with E-state index in [2.05, 4.69) is 42.5 Å². The summed E-state index contributed by atoms with van der Waals surface area (Å²) in [6, 6.07) is 15.0. The zero-order chi connectivity index (χ0) is 18.4. The van der Waals surface area contributed by atoms with Crippen LogP contribution in [0.1, 0.15) is 53.9 Å². The van der Waals surface area contributed by atoms with Crippen molar-refractivity contribution in [2.45, 2.75) is 44.6 Å². The smallest absolute Gasteiger partial charge is 0.131 e. The molecular formula is C25H24FN. The van der Waals surface area contributed by atoms with Crippen molar-refractivity contribution in [3.05, 3.63) is 81.0 Å². The molecule has 1 atom stereocenters. The minimum Gasteiger partial charge on any atom is -0.326 e. The normalized spacial score (nSPS) is 18.4. The van der Waals surface area contributed by atoms with Crippen molar-refractivity contribution < 1.29 is 4.39 Å². The quantitative estimate of drug-likeness (QED) is 0.729. The molecular weight excluding hydrogens is 333 g/mol. The van der Waals surface area contributed by atoms with E-state index in [1.54, 1.807) is 6.07 Å². The predicted octanol–water partition coefficient (Wildman–Crippen LogP) is 4.26. The van der Waals surface area contributed by atoms with E-state index in [0.29, 0.717) is 12.5 Å². The van der Waals surface area contributed by atoms with Gasteiger partial charge in [0.05, 0.1) is 0 Å². The summed E-state index contributed by atoms with van der Waals surface area (Å²) in [5.74, 6) is 0.316. The first kappa shape index (κ1) is 16.7. The summed E-state index contributed by atoms with van der Waals surface area (Å²) >= 11 is 0. The lowest BCUT2D eigenvalue weighted by molar-refractivity contribution is 0.612. The molecule has 3 aromatic rings. The molecule has 1 nitrogen and oxygen atoms in total. The van der Waals surface area contributed by atoms with Gasteiger partial charge >= 0.3 is 0 Å². The number of halogens is 1. The van der Waals surface area contributed by atoms with E-state index in [-0.39, 0.29) is 5.82 Å². The van der Waals surface area contributed by atoms with E-state index in [4.69, 9.17) is 5.73 Å². The third-order valence-electron chi connectivity index (χ3n) is 6.28. The van der Waals surface area contributed by atoms with Crippen LogP contribution in [0.25, 0.3) is 22.9 Å². The molecule has 0 saturated heterocycles. The van der Waals surface area contributed by atoms with Crippen LogP contribution in [0.15, 0.2) is 42.5 Å². The largest absolute Gasteiger partial charge is 0.326 e. The Balaban J connectivity index is 1.72. The zero-order valence-electron chi connectivity index (χ0n) is 15.5. The molecule has 0 radical (unpaired) electrons. The van der Waals surface area contributed by atoms with Gasteiger partial charge in [-0.15, -0.1) is 0 Å². The van der Waals surface area contributed by atoms with Crippen molar-refractivity contribution >= 4 is 22.9 Å². The topological polar surface area (TPSA) is 26.0 Å². The predicted molar refractivity (Wildman–Crippen MR) is 110 cm³/mol. The first-order chi connectivity index (χ1) is 13.3. The number of benzene rings is 3. The van der Waals surface area contributed by atoms with Crippen LogP contribution in [0.4, 0.5) is 4.39 Å². The number of rotatable bonds is 2. The molecule has 136 valence electrons. The lowest BCUT2D eigenvalue weighted by atomic mass is 9.77. The summed E-state index contributed by atoms with van der Waals surface area (Å²) in [5.41, 5.74) is 11.0. The van der Waals surface area contributed by atoms with Gasteiger partial charge in [-0.25, -0.2) is 4.39 Å². The van der Waals surface area contributed by atoms with Gasteiger partial charge in [0, 0.05) is 17.7 Å². The SMILES string of the molecule is NCc1ccc(C2CCCc3c2ccc2c4c(c(F)cc32)=CCCC=4)cc1. The van der Waals surface area contributed by atoms with Crippen molar-refractivity contribution in [1.82, 2.24) is 0 Å². The van der Waals surface area contributed by atoms with Crippen LogP contribution >= 0.6 is 0 Å². The van der Waals surface area contributed by atoms with Crippen LogP contribution in [-0.2, 0) is 13.0 Å². The van der Waals surface area contributed by atoms with E-state index in [9.17, 15) is 4.39 Å². The van der Waals surface area contributed by atoms with Gasteiger partial charge < -0.3 is 5.73 Å². The molecule has 27 heavy (non-hydrogen) atoms. The van der Waals surface area contributed by atoms with Crippen molar-refractivity contribution in [1.29, 1.82) is 0 Å². The molecule has 2 heteroatoms. The van der Waals surface area contributed by atoms with Crippen LogP contribution in [0.2, 0.25) is 0 Å². The molecule has 2 N–H and O–H groups in total. The highest BCUT2D eigenvalue weighted by molar-refractivity contribution is 5.89. The van der Waals surface area contributed by atoms with E-state index in [1.165, 1.54) is 22.1 Å². The van der Waals surface area contributed by atoms with Crippen LogP contribution in [0.5, 0.6) is 0 Å². The molecule has 1 unspecified atom stereocenters. The van der Waals surface area contributed by atoms with Crippen molar-refractivity contribution in [2.75, 3.05) is 0 Å². The molecule has 0 aliphatic heterocycles. The summed E-state index contributed by atoms with van der Waals surface area (Å²) in [6.45, 7) is 0.573. The van der Waals surface area contributed by atoms with Crippen molar-refractivity contribution in [3.8, 4) is 0 Å². The number of hydrogen-bond acceptors (Lipinski definition) is 1. The molecule has 0 bridgehead atoms. The highest BCUT2D eigenvalue weighted by atomic mass is 19.1. The Labute approximate surface area is 159 Å². The van der Waals surface area contributed by atoms with Crippen LogP contribution in [0, 0.1) is 5.82 Å². The van der Waals surface area contributed by atoms with E-state index in [0.717, 1.165) is 53.5 Å². The lowest BCUT2D eigenvalue weighted by Crippen LogP contribution is -2.31. The third-order valence-corrected chi connectivity index (χ3v) is 6.28. The van der Waals surface area contributed by atoms with Gasteiger partial charge in [-0.2, -0.15) is 0 Å². The minimum absolute atomic E-state index is 0.0729. The summed E-state index contributed by atoms with van der Waals surface area (Å²) in [5, 5.41) is 4.20. The monoisotopic (exact) mass is 357 g/mol. The number of fused-ring (bicyclic) bond motifs is 5. The minimum atomic E-state index is -0.0729. The van der Waals surface area contributed by atoms with Gasteiger partial charge in [-0.3, -0.25) is 0 Å². The fourth-order valence-corrected chi connectivity index (χ4v) is 4.92. The Morgan fingerprint density at radius 2 is 1.70 bits per heavy atom. The fourth-order valence-electron chi connectivity index (χ4n) is 4.92. The van der Waals surface area contributed by atoms with Crippen LogP contribution in [0.3, 0.4) is 0 Å². The summed E-state index contributed by atoms with van der Waals surface area (Å²) < 4.78 is 14.8. The van der Waals surface area contributed by atoms with E-state index in [1.807, 2.05) is 6.08 Å². The number of nitrogens with two attached hydrogens (primary N) is 1. The standard InChI is InChI=1S/C25H24FN/c26-25-14-24-20-7-3-6-18(17-10-8-16(15-27)9-11-17)21(20)12-13-22(24)19-4-1-2-5-23(19)25/h4-5,8-14,18H,1-3,6-7,15,27H2. The maximum atomic E-state index is 14.8. The van der Waals surface area contributed by atoms with Gasteiger partial charge in [0.2, 0.25) is 0 Å². The Hall–Kier alpha value is -2.45. The molecule has 3 aromatic carbocycles. The molecule has 0 amide bonds. The Bertz CT molecular complexity index is 1140. The summed E-state index contributed by atoms with van der Waals surface area (Å²) in [6.07, 6.45) is 9.51. The van der Waals surface area contributed by atoms with E-state index >= 15 is 0 Å². The average Bonchev–Trinajstić information content (AvgIpc) is 2.73. The van der Waals surface area contributed by atoms with Gasteiger partial charge in [0.15, 0.2) is 0 Å². The molecule has 0 aromatic heterocycles. The summed E-state index contributed by atoms with van der Waals surface area (Å²) in [4.78, 5) is 0. The molecule has 2 aliphatic rings. The van der Waals surface area contributed by atoms with Crippen LogP contribution < -0.4 is 16.2 Å². The second-order valence-corrected chi connectivity index (χ2v) is 7.79. The third kappa shape index (κ3) is 2.71. The first-order valence-electron chi connectivity index (χ1n) is 9.99. The highest BCUT2D eigenvalue weighted by Gasteiger charge is 2.24. The molecule has 0 fully saturated rings. The average molecular weight is 357 g/mol. The Kier molecular flexibility index (Phi) is 4.09. The van der Waals surface area contributed by atoms with Gasteiger partial charge in [0.25, 0.3) is 0 Å². The molecule has 2 aliphatic carbocycles. The van der Waals surface area contributed by atoms with Gasteiger partial charge in [-0.1, -0.05) is 48.6 Å². The first-order valence-corrected chi connectivity index (χ1v) is 9.99. The fraction of sp³-hybridized carbons (Fsp3) is 0.280. The Morgan fingerprint density at radius 1 is 0.926 bits per heavy atom. The Morgan fingerprint density at radius 3 is 2.48 bits per heavy atom. The maximum absolute atomic E-state index is 14.8. The molecule has 0 spiro atoms. The highest BCUT2D eigenvalue weighted by Crippen LogP contribution is 2.39. The van der Waals surface area contributed by atoms with E-state index < -0.39 is 0 Å². The van der Waals surface area contributed by atoms with Crippen LogP contribution in [-0.4, -0.2) is 0 Å². The second kappa shape index (κ2) is 6.61. The number of aryl methyl sites for hydroxylation is 1. The van der Waals surface area contributed by atoms with Crippen molar-refractivity contribution in [3.63, 3.8) is 0 Å². The van der Waals surface area contributed by atoms with Gasteiger partial charge in [0.1, 0.15) is 5.82 Å².